The maximum Gasteiger partial charge on any atom is 0.218 e. The molecule has 0 radical (unpaired) electrons. The number of nitriles is 1. The number of thiophene rings is 1. The van der Waals surface area contributed by atoms with Crippen molar-refractivity contribution in [3.8, 4) is 6.07 Å². The zero-order valence-electron chi connectivity index (χ0n) is 14.9. The number of rotatable bonds is 3. The van der Waals surface area contributed by atoms with Gasteiger partial charge >= 0.3 is 0 Å². The van der Waals surface area contributed by atoms with Gasteiger partial charge in [0.15, 0.2) is 4.21 Å². The molecular formula is C20H19N3O2S2. The lowest BCUT2D eigenvalue weighted by molar-refractivity contribution is 0.487. The Labute approximate surface area is 162 Å². The van der Waals surface area contributed by atoms with E-state index in [1.54, 1.807) is 18.3 Å². The number of anilines is 1. The highest BCUT2D eigenvalue weighted by molar-refractivity contribution is 7.93. The Bertz CT molecular complexity index is 1120. The second kappa shape index (κ2) is 6.95. The molecule has 3 aromatic rings. The van der Waals surface area contributed by atoms with Crippen molar-refractivity contribution in [1.82, 2.24) is 4.98 Å². The average Bonchev–Trinajstić information content (AvgIpc) is 3.09. The summed E-state index contributed by atoms with van der Waals surface area (Å²) in [4.78, 5) is 7.51. The van der Waals surface area contributed by atoms with Gasteiger partial charge in [-0.15, -0.1) is 11.3 Å². The number of piperidine rings is 1. The zero-order valence-corrected chi connectivity index (χ0v) is 16.6. The van der Waals surface area contributed by atoms with Gasteiger partial charge in [0, 0.05) is 30.6 Å². The number of fused-ring (bicyclic) bond motifs is 1. The van der Waals surface area contributed by atoms with Gasteiger partial charge in [-0.3, -0.25) is 0 Å². The third-order valence-corrected chi connectivity index (χ3v) is 8.36. The fourth-order valence-electron chi connectivity index (χ4n) is 3.44. The number of sulfone groups is 1. The molecule has 3 heterocycles. The van der Waals surface area contributed by atoms with Crippen LogP contribution >= 0.6 is 11.3 Å². The third-order valence-electron chi connectivity index (χ3n) is 4.98. The van der Waals surface area contributed by atoms with Crippen LogP contribution in [-0.4, -0.2) is 26.5 Å². The summed E-state index contributed by atoms with van der Waals surface area (Å²) < 4.78 is 27.1. The van der Waals surface area contributed by atoms with E-state index in [1.165, 1.54) is 11.3 Å². The van der Waals surface area contributed by atoms with E-state index in [1.807, 2.05) is 31.2 Å². The number of nitrogens with zero attached hydrogens (tertiary/aromatic N) is 3. The van der Waals surface area contributed by atoms with Crippen LogP contribution in [0.2, 0.25) is 0 Å². The smallest absolute Gasteiger partial charge is 0.218 e. The van der Waals surface area contributed by atoms with Gasteiger partial charge in [-0.25, -0.2) is 13.4 Å². The highest BCUT2D eigenvalue weighted by Gasteiger charge is 2.31. The molecule has 138 valence electrons. The van der Waals surface area contributed by atoms with Gasteiger partial charge in [0.05, 0.1) is 16.7 Å². The van der Waals surface area contributed by atoms with Crippen LogP contribution in [-0.2, 0) is 9.84 Å². The minimum atomic E-state index is -3.64. The Hall–Kier alpha value is -2.43. The molecule has 0 spiro atoms. The maximum atomic E-state index is 13.4. The monoisotopic (exact) mass is 397 g/mol. The summed E-state index contributed by atoms with van der Waals surface area (Å²) >= 11 is 1.22. The third kappa shape index (κ3) is 3.20. The van der Waals surface area contributed by atoms with Crippen LogP contribution in [0.15, 0.2) is 51.7 Å². The number of aryl methyl sites for hydroxylation is 1. The lowest BCUT2D eigenvalue weighted by atomic mass is 9.98. The van der Waals surface area contributed by atoms with Gasteiger partial charge < -0.3 is 4.90 Å². The van der Waals surface area contributed by atoms with Gasteiger partial charge in [0.25, 0.3) is 0 Å². The highest BCUT2D eigenvalue weighted by atomic mass is 32.2. The summed E-state index contributed by atoms with van der Waals surface area (Å²) in [6.45, 7) is 3.29. The fraction of sp³-hybridized carbons (Fsp3) is 0.300. The lowest BCUT2D eigenvalue weighted by Crippen LogP contribution is -2.33. The number of benzene rings is 1. The Morgan fingerprint density at radius 3 is 2.56 bits per heavy atom. The Kier molecular flexibility index (Phi) is 4.62. The molecule has 2 aromatic heterocycles. The van der Waals surface area contributed by atoms with Gasteiger partial charge in [0.1, 0.15) is 4.83 Å². The molecule has 27 heavy (non-hydrogen) atoms. The molecule has 1 aliphatic heterocycles. The van der Waals surface area contributed by atoms with Gasteiger partial charge in [0.2, 0.25) is 9.84 Å². The first-order chi connectivity index (χ1) is 13.0. The number of hydrogen-bond acceptors (Lipinski definition) is 6. The van der Waals surface area contributed by atoms with Crippen LogP contribution in [0.1, 0.15) is 18.4 Å². The summed E-state index contributed by atoms with van der Waals surface area (Å²) in [5.74, 6) is 0.0430. The number of pyridine rings is 1. The quantitative estimate of drug-likeness (QED) is 0.663. The largest absolute Gasteiger partial charge is 0.369 e. The SMILES string of the molecule is Cc1ccc(S(=O)(=O)c2sc3ncccc3c2N2CCC(C#N)CC2)cc1. The summed E-state index contributed by atoms with van der Waals surface area (Å²) in [6, 6.07) is 13.0. The number of aromatic nitrogens is 1. The van der Waals surface area contributed by atoms with E-state index >= 15 is 0 Å². The van der Waals surface area contributed by atoms with Crippen molar-refractivity contribution in [1.29, 1.82) is 5.26 Å². The molecule has 1 aromatic carbocycles. The molecule has 0 amide bonds. The van der Waals surface area contributed by atoms with Gasteiger partial charge in [-0.2, -0.15) is 5.26 Å². The molecule has 1 fully saturated rings. The molecule has 0 saturated carbocycles. The van der Waals surface area contributed by atoms with Crippen molar-refractivity contribution in [3.05, 3.63) is 48.2 Å². The van der Waals surface area contributed by atoms with Crippen LogP contribution < -0.4 is 4.90 Å². The second-order valence-electron chi connectivity index (χ2n) is 6.80. The average molecular weight is 398 g/mol. The van der Waals surface area contributed by atoms with Gasteiger partial charge in [-0.05, 0) is 44.0 Å². The molecular weight excluding hydrogens is 378 g/mol. The first-order valence-corrected chi connectivity index (χ1v) is 11.1. The molecule has 0 N–H and O–H groups in total. The maximum absolute atomic E-state index is 13.4. The van der Waals surface area contributed by atoms with Crippen molar-refractivity contribution in [3.63, 3.8) is 0 Å². The van der Waals surface area contributed by atoms with Crippen molar-refractivity contribution >= 4 is 37.1 Å². The minimum absolute atomic E-state index is 0.0430. The van der Waals surface area contributed by atoms with Crippen molar-refractivity contribution < 1.29 is 8.42 Å². The Morgan fingerprint density at radius 1 is 1.19 bits per heavy atom. The topological polar surface area (TPSA) is 74.1 Å². The van der Waals surface area contributed by atoms with E-state index < -0.39 is 9.84 Å². The first-order valence-electron chi connectivity index (χ1n) is 8.84. The molecule has 0 unspecified atom stereocenters. The predicted molar refractivity (Wildman–Crippen MR) is 107 cm³/mol. The van der Waals surface area contributed by atoms with Crippen molar-refractivity contribution in [2.24, 2.45) is 5.92 Å². The van der Waals surface area contributed by atoms with E-state index in [0.29, 0.717) is 22.2 Å². The molecule has 0 atom stereocenters. The molecule has 0 bridgehead atoms. The molecule has 4 rings (SSSR count). The predicted octanol–water partition coefficient (Wildman–Crippen LogP) is 4.18. The van der Waals surface area contributed by atoms with Crippen LogP contribution in [0.25, 0.3) is 10.2 Å². The van der Waals surface area contributed by atoms with E-state index in [9.17, 15) is 8.42 Å². The Balaban J connectivity index is 1.86. The second-order valence-corrected chi connectivity index (χ2v) is 9.95. The zero-order chi connectivity index (χ0) is 19.0. The Morgan fingerprint density at radius 2 is 1.89 bits per heavy atom. The van der Waals surface area contributed by atoms with E-state index in [-0.39, 0.29) is 5.92 Å². The first kappa shape index (κ1) is 18.0. The highest BCUT2D eigenvalue weighted by Crippen LogP contribution is 2.43. The molecule has 5 nitrogen and oxygen atoms in total. The van der Waals surface area contributed by atoms with E-state index in [2.05, 4.69) is 16.0 Å². The lowest BCUT2D eigenvalue weighted by Gasteiger charge is -2.31. The number of hydrogen-bond donors (Lipinski definition) is 0. The standard InChI is InChI=1S/C20H19N3O2S2/c1-14-4-6-16(7-5-14)27(24,25)20-18(17-3-2-10-22-19(17)26-20)23-11-8-15(13-21)9-12-23/h2-7,10,15H,8-9,11-12H2,1H3. The van der Waals surface area contributed by atoms with E-state index in [4.69, 9.17) is 5.26 Å². The molecule has 1 aliphatic rings. The van der Waals surface area contributed by atoms with Crippen molar-refractivity contribution in [2.45, 2.75) is 28.9 Å². The van der Waals surface area contributed by atoms with Crippen LogP contribution in [0.3, 0.4) is 0 Å². The fourth-order valence-corrected chi connectivity index (χ4v) is 6.50. The van der Waals surface area contributed by atoms with Crippen molar-refractivity contribution in [2.75, 3.05) is 18.0 Å². The summed E-state index contributed by atoms with van der Waals surface area (Å²) in [5.41, 5.74) is 1.76. The summed E-state index contributed by atoms with van der Waals surface area (Å²) in [6.07, 6.45) is 3.18. The minimum Gasteiger partial charge on any atom is -0.369 e. The normalized spacial score (nSPS) is 15.8. The molecule has 0 aliphatic carbocycles. The molecule has 7 heteroatoms. The van der Waals surface area contributed by atoms with Crippen LogP contribution in [0.4, 0.5) is 5.69 Å². The summed E-state index contributed by atoms with van der Waals surface area (Å²) in [7, 11) is -3.64. The van der Waals surface area contributed by atoms with Gasteiger partial charge in [-0.1, -0.05) is 17.7 Å². The van der Waals surface area contributed by atoms with Crippen LogP contribution in [0.5, 0.6) is 0 Å². The summed E-state index contributed by atoms with van der Waals surface area (Å²) in [5, 5.41) is 10.0. The van der Waals surface area contributed by atoms with Crippen LogP contribution in [0, 0.1) is 24.2 Å². The van der Waals surface area contributed by atoms with E-state index in [0.717, 1.165) is 34.3 Å². The molecule has 1 saturated heterocycles.